The summed E-state index contributed by atoms with van der Waals surface area (Å²) in [7, 11) is 0. The summed E-state index contributed by atoms with van der Waals surface area (Å²) in [5.41, 5.74) is -2.82. The molecule has 0 fully saturated rings. The molecule has 0 saturated carbocycles. The molecule has 0 saturated heterocycles. The van der Waals surface area contributed by atoms with Gasteiger partial charge in [0.1, 0.15) is 11.9 Å². The number of aliphatic carboxylic acids is 1. The molecule has 6 heteroatoms. The summed E-state index contributed by atoms with van der Waals surface area (Å²) in [5.74, 6) is -3.78. The molecule has 0 aliphatic carbocycles. The van der Waals surface area contributed by atoms with Gasteiger partial charge < -0.3 is 15.3 Å². The lowest BCUT2D eigenvalue weighted by molar-refractivity contribution is -0.171. The number of carboxylic acid groups (broad SMARTS) is 1. The fraction of sp³-hybridized carbons (Fsp3) is 0.625. The van der Waals surface area contributed by atoms with Crippen LogP contribution < -0.4 is 0 Å². The quantitative estimate of drug-likeness (QED) is 0.481. The first-order valence-corrected chi connectivity index (χ1v) is 3.89. The van der Waals surface area contributed by atoms with E-state index < -0.39 is 35.7 Å². The number of carboxylic acids is 1. The highest BCUT2D eigenvalue weighted by Crippen LogP contribution is 2.15. The van der Waals surface area contributed by atoms with Crippen molar-refractivity contribution in [2.75, 3.05) is 0 Å². The lowest BCUT2D eigenvalue weighted by Gasteiger charge is -2.21. The fourth-order valence-corrected chi connectivity index (χ4v) is 0.974. The number of hydrogen-bond donors (Lipinski definition) is 3. The van der Waals surface area contributed by atoms with Gasteiger partial charge in [0.25, 0.3) is 0 Å². The van der Waals surface area contributed by atoms with Gasteiger partial charge in [-0.15, -0.1) is 0 Å². The minimum Gasteiger partial charge on any atom is -0.479 e. The average molecular weight is 204 g/mol. The van der Waals surface area contributed by atoms with Crippen LogP contribution in [0.1, 0.15) is 20.3 Å². The second-order valence-corrected chi connectivity index (χ2v) is 3.08. The fourth-order valence-electron chi connectivity index (χ4n) is 0.974. The van der Waals surface area contributed by atoms with Crippen LogP contribution in [0, 0.1) is 0 Å². The topological polar surface area (TPSA) is 112 Å². The van der Waals surface area contributed by atoms with E-state index in [0.717, 1.165) is 13.8 Å². The Hall–Kier alpha value is -1.27. The third-order valence-corrected chi connectivity index (χ3v) is 1.65. The molecule has 80 valence electrons. The number of ketones is 2. The van der Waals surface area contributed by atoms with E-state index in [4.69, 9.17) is 10.2 Å². The van der Waals surface area contributed by atoms with E-state index in [2.05, 4.69) is 0 Å². The monoisotopic (exact) mass is 204 g/mol. The van der Waals surface area contributed by atoms with Gasteiger partial charge in [-0.2, -0.15) is 0 Å². The zero-order chi connectivity index (χ0) is 11.5. The van der Waals surface area contributed by atoms with Gasteiger partial charge in [0, 0.05) is 0 Å². The zero-order valence-corrected chi connectivity index (χ0v) is 7.85. The molecular formula is C8H12O6. The van der Waals surface area contributed by atoms with Crippen LogP contribution in [0.2, 0.25) is 0 Å². The molecule has 14 heavy (non-hydrogen) atoms. The molecule has 0 aromatic heterocycles. The number of aliphatic hydroxyl groups is 2. The van der Waals surface area contributed by atoms with E-state index in [0.29, 0.717) is 0 Å². The summed E-state index contributed by atoms with van der Waals surface area (Å²) in [6, 6.07) is 0. The molecule has 0 aliphatic rings. The van der Waals surface area contributed by atoms with E-state index in [1.54, 1.807) is 0 Å². The van der Waals surface area contributed by atoms with E-state index in [-0.39, 0.29) is 0 Å². The van der Waals surface area contributed by atoms with Crippen molar-refractivity contribution in [1.82, 2.24) is 0 Å². The Morgan fingerprint density at radius 1 is 1.36 bits per heavy atom. The predicted molar refractivity (Wildman–Crippen MR) is 44.6 cm³/mol. The molecule has 6 nitrogen and oxygen atoms in total. The van der Waals surface area contributed by atoms with Crippen molar-refractivity contribution in [1.29, 1.82) is 0 Å². The van der Waals surface area contributed by atoms with Crippen LogP contribution in [-0.4, -0.2) is 44.6 Å². The van der Waals surface area contributed by atoms with Crippen molar-refractivity contribution in [2.45, 2.75) is 32.0 Å². The Morgan fingerprint density at radius 3 is 2.00 bits per heavy atom. The molecule has 0 heterocycles. The van der Waals surface area contributed by atoms with Gasteiger partial charge in [-0.25, -0.2) is 4.79 Å². The molecule has 2 atom stereocenters. The van der Waals surface area contributed by atoms with Gasteiger partial charge in [0.15, 0.2) is 0 Å². The average Bonchev–Trinajstić information content (AvgIpc) is 2.00. The SMILES string of the molecule is CC(=O)C[C@](O)(C(=O)O)C(=O)[C@H](C)O. The van der Waals surface area contributed by atoms with Crippen LogP contribution in [0.4, 0.5) is 0 Å². The Bertz CT molecular complexity index is 269. The second-order valence-electron chi connectivity index (χ2n) is 3.08. The van der Waals surface area contributed by atoms with Gasteiger partial charge in [-0.3, -0.25) is 9.59 Å². The van der Waals surface area contributed by atoms with Crippen LogP contribution in [0.25, 0.3) is 0 Å². The maximum absolute atomic E-state index is 11.1. The summed E-state index contributed by atoms with van der Waals surface area (Å²) in [5, 5.41) is 26.8. The lowest BCUT2D eigenvalue weighted by Crippen LogP contribution is -2.51. The number of Topliss-reactive ketones (excluding diaryl/α,β-unsaturated/α-hetero) is 2. The molecule has 0 unspecified atom stereocenters. The highest BCUT2D eigenvalue weighted by atomic mass is 16.4. The number of carbonyl (C=O) groups excluding carboxylic acids is 2. The molecule has 0 radical (unpaired) electrons. The summed E-state index contributed by atoms with van der Waals surface area (Å²) in [4.78, 5) is 32.3. The predicted octanol–water partition coefficient (Wildman–Crippen LogP) is -1.27. The van der Waals surface area contributed by atoms with E-state index in [9.17, 15) is 19.5 Å². The molecule has 0 aliphatic heterocycles. The Morgan fingerprint density at radius 2 is 1.79 bits per heavy atom. The highest BCUT2D eigenvalue weighted by molar-refractivity contribution is 6.10. The van der Waals surface area contributed by atoms with E-state index >= 15 is 0 Å². The van der Waals surface area contributed by atoms with E-state index in [1.807, 2.05) is 0 Å². The normalized spacial score (nSPS) is 16.9. The maximum Gasteiger partial charge on any atom is 0.344 e. The van der Waals surface area contributed by atoms with Crippen molar-refractivity contribution in [3.05, 3.63) is 0 Å². The molecular weight excluding hydrogens is 192 g/mol. The number of aliphatic hydroxyl groups excluding tert-OH is 1. The summed E-state index contributed by atoms with van der Waals surface area (Å²) < 4.78 is 0. The third kappa shape index (κ3) is 2.61. The third-order valence-electron chi connectivity index (χ3n) is 1.65. The first-order chi connectivity index (χ1) is 6.21. The van der Waals surface area contributed by atoms with Crippen molar-refractivity contribution in [3.8, 4) is 0 Å². The van der Waals surface area contributed by atoms with Gasteiger partial charge in [0.2, 0.25) is 11.4 Å². The van der Waals surface area contributed by atoms with Crippen molar-refractivity contribution in [3.63, 3.8) is 0 Å². The minimum atomic E-state index is -2.82. The molecule has 0 aromatic rings. The first-order valence-electron chi connectivity index (χ1n) is 3.89. The van der Waals surface area contributed by atoms with Crippen LogP contribution >= 0.6 is 0 Å². The Kier molecular flexibility index (Phi) is 3.91. The minimum absolute atomic E-state index is 0.649. The summed E-state index contributed by atoms with van der Waals surface area (Å²) in [6.45, 7) is 2.07. The Balaban J connectivity index is 5.00. The lowest BCUT2D eigenvalue weighted by atomic mass is 9.90. The van der Waals surface area contributed by atoms with Gasteiger partial charge in [-0.1, -0.05) is 0 Å². The van der Waals surface area contributed by atoms with Crippen LogP contribution in [0.3, 0.4) is 0 Å². The first kappa shape index (κ1) is 12.7. The molecule has 0 aromatic carbocycles. The standard InChI is InChI=1S/C8H12O6/c1-4(9)3-8(14,7(12)13)6(11)5(2)10/h5,10,14H,3H2,1-2H3,(H,12,13)/t5-,8+/m0/s1. The van der Waals surface area contributed by atoms with Crippen LogP contribution in [0.15, 0.2) is 0 Å². The molecule has 0 bridgehead atoms. The number of rotatable bonds is 5. The second kappa shape index (κ2) is 4.30. The summed E-state index contributed by atoms with van der Waals surface area (Å²) in [6.07, 6.45) is -2.47. The molecule has 0 rings (SSSR count). The van der Waals surface area contributed by atoms with Gasteiger partial charge in [-0.05, 0) is 13.8 Å². The van der Waals surface area contributed by atoms with Crippen molar-refractivity contribution in [2.24, 2.45) is 0 Å². The smallest absolute Gasteiger partial charge is 0.344 e. The number of carbonyl (C=O) groups is 3. The molecule has 0 spiro atoms. The van der Waals surface area contributed by atoms with Gasteiger partial charge >= 0.3 is 5.97 Å². The van der Waals surface area contributed by atoms with Crippen LogP contribution in [0.5, 0.6) is 0 Å². The maximum atomic E-state index is 11.1. The Labute approximate surface area is 80.2 Å². The molecule has 0 amide bonds. The van der Waals surface area contributed by atoms with Crippen molar-refractivity contribution < 1.29 is 29.7 Å². The van der Waals surface area contributed by atoms with Crippen LogP contribution in [-0.2, 0) is 14.4 Å². The summed E-state index contributed by atoms with van der Waals surface area (Å²) >= 11 is 0. The largest absolute Gasteiger partial charge is 0.479 e. The zero-order valence-electron chi connectivity index (χ0n) is 7.85. The van der Waals surface area contributed by atoms with E-state index in [1.165, 1.54) is 0 Å². The molecule has 3 N–H and O–H groups in total. The number of hydrogen-bond acceptors (Lipinski definition) is 5. The van der Waals surface area contributed by atoms with Crippen molar-refractivity contribution >= 4 is 17.5 Å². The highest BCUT2D eigenvalue weighted by Gasteiger charge is 2.46. The van der Waals surface area contributed by atoms with Gasteiger partial charge in [0.05, 0.1) is 6.42 Å².